The molecule has 2 atom stereocenters. The lowest BCUT2D eigenvalue weighted by Crippen LogP contribution is -2.42. The van der Waals surface area contributed by atoms with Gasteiger partial charge in [0.25, 0.3) is 0 Å². The third kappa shape index (κ3) is 7.82. The lowest BCUT2D eigenvalue weighted by molar-refractivity contribution is -0.173. The Morgan fingerprint density at radius 3 is 2.26 bits per heavy atom. The van der Waals surface area contributed by atoms with Crippen LogP contribution in [0.1, 0.15) is 39.7 Å². The molecule has 0 bridgehead atoms. The first-order chi connectivity index (χ1) is 12.4. The van der Waals surface area contributed by atoms with Gasteiger partial charge in [-0.3, -0.25) is 0 Å². The average Bonchev–Trinajstić information content (AvgIpc) is 2.58. The van der Waals surface area contributed by atoms with Crippen molar-refractivity contribution in [3.63, 3.8) is 0 Å². The van der Waals surface area contributed by atoms with Crippen molar-refractivity contribution in [1.82, 2.24) is 0 Å². The maximum Gasteiger partial charge on any atom is 0.345 e. The molecule has 0 amide bonds. The highest BCUT2D eigenvalue weighted by Crippen LogP contribution is 2.36. The molecule has 0 unspecified atom stereocenters. The zero-order chi connectivity index (χ0) is 20.7. The molecule has 0 spiro atoms. The number of benzene rings is 1. The fraction of sp³-hybridized carbons (Fsp3) is 0.600. The van der Waals surface area contributed by atoms with Gasteiger partial charge in [0.1, 0.15) is 0 Å². The van der Waals surface area contributed by atoms with Crippen LogP contribution in [0.2, 0.25) is 18.1 Å². The van der Waals surface area contributed by atoms with Crippen LogP contribution in [0.25, 0.3) is 0 Å². The highest BCUT2D eigenvalue weighted by Gasteiger charge is 2.37. The van der Waals surface area contributed by atoms with E-state index in [1.165, 1.54) is 0 Å². The molecular formula is C20H32O6Si. The van der Waals surface area contributed by atoms with E-state index in [0.29, 0.717) is 0 Å². The number of carboxylic acids is 1. The number of rotatable bonds is 10. The molecular weight excluding hydrogens is 364 g/mol. The molecule has 1 N–H and O–H groups in total. The topological polar surface area (TPSA) is 82.1 Å². The van der Waals surface area contributed by atoms with Gasteiger partial charge < -0.3 is 19.0 Å². The fourth-order valence-corrected chi connectivity index (χ4v) is 3.03. The van der Waals surface area contributed by atoms with Crippen LogP contribution in [0.15, 0.2) is 30.3 Å². The first-order valence-electron chi connectivity index (χ1n) is 9.17. The van der Waals surface area contributed by atoms with Crippen molar-refractivity contribution in [3.05, 3.63) is 35.9 Å². The molecule has 0 aliphatic carbocycles. The zero-order valence-electron chi connectivity index (χ0n) is 17.2. The summed E-state index contributed by atoms with van der Waals surface area (Å²) in [4.78, 5) is 23.6. The number of carboxylic acid groups (broad SMARTS) is 1. The normalized spacial score (nSPS) is 14.4. The number of carbonyl (C=O) groups excluding carboxylic acids is 1. The molecule has 0 heterocycles. The molecule has 0 aromatic heterocycles. The van der Waals surface area contributed by atoms with Gasteiger partial charge in [0, 0.05) is 13.0 Å². The molecule has 1 aromatic rings. The van der Waals surface area contributed by atoms with Gasteiger partial charge in [-0.05, 0) is 30.6 Å². The second kappa shape index (κ2) is 10.0. The quantitative estimate of drug-likeness (QED) is 0.475. The number of esters is 1. The van der Waals surface area contributed by atoms with Crippen LogP contribution in [0, 0.1) is 0 Å². The van der Waals surface area contributed by atoms with E-state index < -0.39 is 32.5 Å². The van der Waals surface area contributed by atoms with Gasteiger partial charge in [-0.25, -0.2) is 9.59 Å². The Bertz CT molecular complexity index is 609. The van der Waals surface area contributed by atoms with Crippen LogP contribution in [0.5, 0.6) is 0 Å². The van der Waals surface area contributed by atoms with Crippen LogP contribution < -0.4 is 0 Å². The second-order valence-corrected chi connectivity index (χ2v) is 12.9. The van der Waals surface area contributed by atoms with Crippen molar-refractivity contribution in [3.8, 4) is 0 Å². The molecule has 1 aromatic carbocycles. The van der Waals surface area contributed by atoms with Crippen LogP contribution in [-0.4, -0.2) is 44.2 Å². The molecule has 0 aliphatic rings. The minimum absolute atomic E-state index is 0.0299. The molecule has 7 heteroatoms. The van der Waals surface area contributed by atoms with Gasteiger partial charge in [0.2, 0.25) is 6.10 Å². The average molecular weight is 397 g/mol. The summed E-state index contributed by atoms with van der Waals surface area (Å²) in [7, 11) is -1.98. The SMILES string of the molecule is C[C@H](OCc1ccccc1)C(=O)O[C@@H](CCO[Si](C)(C)C(C)(C)C)C(=O)O. The largest absolute Gasteiger partial charge is 0.479 e. The number of hydrogen-bond donors (Lipinski definition) is 1. The van der Waals surface area contributed by atoms with E-state index in [-0.39, 0.29) is 24.7 Å². The lowest BCUT2D eigenvalue weighted by Gasteiger charge is -2.36. The maximum absolute atomic E-state index is 12.2. The van der Waals surface area contributed by atoms with Crippen molar-refractivity contribution in [2.75, 3.05) is 6.61 Å². The highest BCUT2D eigenvalue weighted by molar-refractivity contribution is 6.74. The first kappa shape index (κ1) is 23.3. The molecule has 27 heavy (non-hydrogen) atoms. The Morgan fingerprint density at radius 1 is 1.15 bits per heavy atom. The van der Waals surface area contributed by atoms with Gasteiger partial charge >= 0.3 is 11.9 Å². The van der Waals surface area contributed by atoms with Crippen LogP contribution in [0.3, 0.4) is 0 Å². The molecule has 152 valence electrons. The minimum Gasteiger partial charge on any atom is -0.479 e. The van der Waals surface area contributed by atoms with Crippen molar-refractivity contribution in [1.29, 1.82) is 0 Å². The zero-order valence-corrected chi connectivity index (χ0v) is 18.2. The summed E-state index contributed by atoms with van der Waals surface area (Å²) in [5, 5.41) is 9.37. The monoisotopic (exact) mass is 396 g/mol. The number of ether oxygens (including phenoxy) is 2. The molecule has 0 radical (unpaired) electrons. The summed E-state index contributed by atoms with van der Waals surface area (Å²) in [5.74, 6) is -1.87. The van der Waals surface area contributed by atoms with E-state index in [4.69, 9.17) is 13.9 Å². The van der Waals surface area contributed by atoms with Crippen LogP contribution >= 0.6 is 0 Å². The van der Waals surface area contributed by atoms with E-state index in [0.717, 1.165) is 5.56 Å². The van der Waals surface area contributed by atoms with E-state index in [9.17, 15) is 14.7 Å². The van der Waals surface area contributed by atoms with E-state index >= 15 is 0 Å². The summed E-state index contributed by atoms with van der Waals surface area (Å²) < 4.78 is 16.6. The lowest BCUT2D eigenvalue weighted by atomic mass is 10.2. The predicted molar refractivity (Wildman–Crippen MR) is 106 cm³/mol. The molecule has 0 saturated heterocycles. The predicted octanol–water partition coefficient (Wildman–Crippen LogP) is 4.00. The van der Waals surface area contributed by atoms with E-state index in [1.54, 1.807) is 6.92 Å². The Kier molecular flexibility index (Phi) is 8.65. The number of carbonyl (C=O) groups is 2. The third-order valence-electron chi connectivity index (χ3n) is 4.86. The minimum atomic E-state index is -1.98. The molecule has 1 rings (SSSR count). The molecule has 0 aliphatic heterocycles. The van der Waals surface area contributed by atoms with Gasteiger partial charge in [-0.15, -0.1) is 0 Å². The first-order valence-corrected chi connectivity index (χ1v) is 12.1. The maximum atomic E-state index is 12.2. The third-order valence-corrected chi connectivity index (χ3v) is 9.40. The molecule has 6 nitrogen and oxygen atoms in total. The summed E-state index contributed by atoms with van der Waals surface area (Å²) in [6, 6.07) is 9.42. The van der Waals surface area contributed by atoms with Crippen molar-refractivity contribution >= 4 is 20.3 Å². The van der Waals surface area contributed by atoms with Crippen LogP contribution in [0.4, 0.5) is 0 Å². The number of aliphatic carboxylic acids is 1. The Balaban J connectivity index is 2.50. The van der Waals surface area contributed by atoms with Crippen LogP contribution in [-0.2, 0) is 30.1 Å². The van der Waals surface area contributed by atoms with Gasteiger partial charge in [-0.1, -0.05) is 51.1 Å². The van der Waals surface area contributed by atoms with E-state index in [1.807, 2.05) is 30.3 Å². The summed E-state index contributed by atoms with van der Waals surface area (Å²) in [5.41, 5.74) is 0.926. The van der Waals surface area contributed by atoms with Gasteiger partial charge in [-0.2, -0.15) is 0 Å². The van der Waals surface area contributed by atoms with Crippen molar-refractivity contribution in [2.24, 2.45) is 0 Å². The number of hydrogen-bond acceptors (Lipinski definition) is 5. The Labute approximate surface area is 163 Å². The standard InChI is InChI=1S/C20H32O6Si/c1-15(24-14-16-10-8-7-9-11-16)19(23)26-17(18(21)22)12-13-25-27(5,6)20(2,3)4/h7-11,15,17H,12-14H2,1-6H3,(H,21,22)/t15-,17-/m0/s1. The summed E-state index contributed by atoms with van der Waals surface area (Å²) in [6.45, 7) is 12.6. The van der Waals surface area contributed by atoms with Crippen molar-refractivity contribution < 1.29 is 28.6 Å². The summed E-state index contributed by atoms with van der Waals surface area (Å²) >= 11 is 0. The fourth-order valence-electron chi connectivity index (χ4n) is 1.97. The van der Waals surface area contributed by atoms with Gasteiger partial charge in [0.15, 0.2) is 14.4 Å². The summed E-state index contributed by atoms with van der Waals surface area (Å²) in [6.07, 6.45) is -1.99. The Morgan fingerprint density at radius 2 is 1.74 bits per heavy atom. The molecule has 0 saturated carbocycles. The highest BCUT2D eigenvalue weighted by atomic mass is 28.4. The van der Waals surface area contributed by atoms with Crippen molar-refractivity contribution in [2.45, 2.75) is 71.1 Å². The van der Waals surface area contributed by atoms with E-state index in [2.05, 4.69) is 33.9 Å². The molecule has 0 fully saturated rings. The smallest absolute Gasteiger partial charge is 0.345 e. The Hall–Kier alpha value is -1.70. The van der Waals surface area contributed by atoms with Gasteiger partial charge in [0.05, 0.1) is 6.61 Å². The second-order valence-electron chi connectivity index (χ2n) is 8.10.